The molecule has 9 rings (SSSR count). The molecule has 578 valence electrons. The molecule has 2 aliphatic carbocycles. The number of esters is 10. The van der Waals surface area contributed by atoms with Crippen LogP contribution in [-0.2, 0) is 100.0 Å². The second-order valence-electron chi connectivity index (χ2n) is 30.4. The minimum atomic E-state index is -1.09. The molecule has 5 fully saturated rings. The first-order chi connectivity index (χ1) is 48.8. The number of rotatable bonds is 27. The van der Waals surface area contributed by atoms with E-state index in [-0.39, 0.29) is 84.5 Å². The molecule has 2 bridgehead atoms. The minimum absolute atomic E-state index is 0.125. The van der Waals surface area contributed by atoms with Crippen LogP contribution in [0.5, 0.6) is 0 Å². The zero-order valence-corrected chi connectivity index (χ0v) is 65.0. The molecule has 3 aliphatic heterocycles. The lowest BCUT2D eigenvalue weighted by Gasteiger charge is -2.30. The second kappa shape index (κ2) is 40.5. The summed E-state index contributed by atoms with van der Waals surface area (Å²) < 4.78 is 60.9. The predicted octanol–water partition coefficient (Wildman–Crippen LogP) is 13.2. The fraction of sp³-hybridized carbons (Fsp3) is 0.630. The molecule has 0 amide bonds. The van der Waals surface area contributed by atoms with Gasteiger partial charge in [-0.25, -0.2) is 14.4 Å². The Kier molecular flexibility index (Phi) is 34.4. The number of hydrogen-bond donors (Lipinski definition) is 1. The highest BCUT2D eigenvalue weighted by Crippen LogP contribution is 2.59. The lowest BCUT2D eigenvalue weighted by atomic mass is 9.78. The van der Waals surface area contributed by atoms with Gasteiger partial charge < -0.3 is 61.9 Å². The monoisotopic (exact) mass is 1460 g/mol. The van der Waals surface area contributed by atoms with Crippen molar-refractivity contribution in [2.45, 2.75) is 219 Å². The van der Waals surface area contributed by atoms with Crippen LogP contribution in [0, 0.1) is 51.2 Å². The summed E-state index contributed by atoms with van der Waals surface area (Å²) in [5.41, 5.74) is -0.626. The van der Waals surface area contributed by atoms with Crippen LogP contribution in [0.25, 0.3) is 21.5 Å². The summed E-state index contributed by atoms with van der Waals surface area (Å²) in [6, 6.07) is 27.9. The number of carbonyl (C=O) groups excluding carboxylic acids is 10. The van der Waals surface area contributed by atoms with Gasteiger partial charge in [0.05, 0.1) is 65.3 Å². The molecule has 11 unspecified atom stereocenters. The largest absolute Gasteiger partial charge is 0.469 e. The normalized spacial score (nSPS) is 20.4. The molecular weight excluding hydrogens is 1340 g/mol. The molecule has 11 atom stereocenters. The smallest absolute Gasteiger partial charge is 0.344 e. The summed E-state index contributed by atoms with van der Waals surface area (Å²) in [7, 11) is 1.27. The molecule has 4 aromatic rings. The molecule has 3 heterocycles. The Morgan fingerprint density at radius 2 is 0.990 bits per heavy atom. The number of fused-ring (bicyclic) bond motifs is 3. The van der Waals surface area contributed by atoms with Gasteiger partial charge in [-0.3, -0.25) is 33.6 Å². The quantitative estimate of drug-likeness (QED) is 0.0251. The van der Waals surface area contributed by atoms with E-state index in [1.54, 1.807) is 55.4 Å². The van der Waals surface area contributed by atoms with Crippen LogP contribution in [-0.4, -0.2) is 161 Å². The van der Waals surface area contributed by atoms with Crippen molar-refractivity contribution in [2.24, 2.45) is 51.2 Å². The SMILES string of the molecule is CCC(C)(C)C(=O)OCC(=O)OC1C2CC3C1OC(=O)C3C2C(=O)OC.CCC(C)(C)C(=O)OCC(O)COC(=O)c1c2ccccc2cc2ccccc12.CCC(C)(C)C(=O)OCC1CO1.CCC(C)(C)C(=O)OCC1CO1.CCC(C)C(=O)OCC(=O)OC(C)(C)C.CCC(C)c1ccccc1. The summed E-state index contributed by atoms with van der Waals surface area (Å²) in [4.78, 5) is 118. The van der Waals surface area contributed by atoms with Gasteiger partial charge in [0.15, 0.2) is 13.2 Å². The summed E-state index contributed by atoms with van der Waals surface area (Å²) >= 11 is 0. The maximum Gasteiger partial charge on any atom is 0.344 e. The van der Waals surface area contributed by atoms with Crippen molar-refractivity contribution in [3.05, 3.63) is 96.1 Å². The van der Waals surface area contributed by atoms with E-state index >= 15 is 0 Å². The van der Waals surface area contributed by atoms with Crippen molar-refractivity contribution in [2.75, 3.05) is 60.0 Å². The highest BCUT2D eigenvalue weighted by molar-refractivity contribution is 6.16. The first-order valence-corrected chi connectivity index (χ1v) is 36.4. The van der Waals surface area contributed by atoms with Crippen LogP contribution in [0.1, 0.15) is 198 Å². The van der Waals surface area contributed by atoms with E-state index in [1.165, 1.54) is 19.1 Å². The lowest BCUT2D eigenvalue weighted by Crippen LogP contribution is -2.44. The summed E-state index contributed by atoms with van der Waals surface area (Å²) in [5, 5.41) is 13.6. The Morgan fingerprint density at radius 3 is 1.43 bits per heavy atom. The van der Waals surface area contributed by atoms with Gasteiger partial charge in [0.1, 0.15) is 62.5 Å². The number of benzene rings is 4. The van der Waals surface area contributed by atoms with E-state index in [0.29, 0.717) is 50.4 Å². The number of carbonyl (C=O) groups is 10. The number of epoxide rings is 2. The number of ether oxygens (including phenoxy) is 12. The van der Waals surface area contributed by atoms with Crippen LogP contribution < -0.4 is 0 Å². The van der Waals surface area contributed by atoms with Crippen molar-refractivity contribution in [3.8, 4) is 0 Å². The third-order valence-electron chi connectivity index (χ3n) is 19.5. The average molecular weight is 1460 g/mol. The van der Waals surface area contributed by atoms with Gasteiger partial charge >= 0.3 is 59.7 Å². The zero-order valence-electron chi connectivity index (χ0n) is 65.0. The van der Waals surface area contributed by atoms with E-state index in [2.05, 4.69) is 44.2 Å². The third kappa shape index (κ3) is 27.2. The fourth-order valence-corrected chi connectivity index (χ4v) is 10.5. The highest BCUT2D eigenvalue weighted by atomic mass is 16.6. The third-order valence-corrected chi connectivity index (χ3v) is 19.5. The summed E-state index contributed by atoms with van der Waals surface area (Å²) in [6.45, 7) is 36.8. The molecule has 3 saturated heterocycles. The maximum absolute atomic E-state index is 12.9. The van der Waals surface area contributed by atoms with E-state index < -0.39 is 89.0 Å². The van der Waals surface area contributed by atoms with Crippen LogP contribution in [0.4, 0.5) is 0 Å². The Balaban J connectivity index is 0.000000278. The van der Waals surface area contributed by atoms with Crippen LogP contribution in [0.3, 0.4) is 0 Å². The Morgan fingerprint density at radius 1 is 0.548 bits per heavy atom. The van der Waals surface area contributed by atoms with Crippen molar-refractivity contribution in [1.82, 2.24) is 0 Å². The molecular formula is C81H116O23. The molecule has 5 aliphatic rings. The molecule has 4 aromatic carbocycles. The highest BCUT2D eigenvalue weighted by Gasteiger charge is 2.70. The number of aliphatic hydroxyl groups is 1. The Bertz CT molecular complexity index is 3390. The van der Waals surface area contributed by atoms with Gasteiger partial charge in [-0.15, -0.1) is 0 Å². The average Bonchev–Trinajstić information content (AvgIpc) is 1.55. The number of hydrogen-bond acceptors (Lipinski definition) is 23. The van der Waals surface area contributed by atoms with Crippen molar-refractivity contribution in [3.63, 3.8) is 0 Å². The fourth-order valence-electron chi connectivity index (χ4n) is 10.5. The molecule has 23 heteroatoms. The molecule has 0 radical (unpaired) electrons. The molecule has 2 saturated carbocycles. The first-order valence-electron chi connectivity index (χ1n) is 36.4. The van der Waals surface area contributed by atoms with Crippen molar-refractivity contribution >= 4 is 81.2 Å². The van der Waals surface area contributed by atoms with Crippen molar-refractivity contribution < 1.29 is 110 Å². The molecule has 0 spiro atoms. The van der Waals surface area contributed by atoms with Gasteiger partial charge in [0.25, 0.3) is 0 Å². The second-order valence-corrected chi connectivity index (χ2v) is 30.4. The van der Waals surface area contributed by atoms with Gasteiger partial charge in [0, 0.05) is 11.8 Å². The maximum atomic E-state index is 12.9. The van der Waals surface area contributed by atoms with Crippen molar-refractivity contribution in [1.29, 1.82) is 0 Å². The standard InChI is InChI=1S/C24H26O5.C18H24O8.C11H20O4.C10H14.2C9H16O3/c1-4-24(2,3)23(27)29-15-18(25)14-28-22(26)21-19-11-7-5-9-16(19)13-17-10-6-8-12-20(17)21;1-5-18(2,3)17(22)24-7-10(19)25-13-8-6-9-12(11(8)15(20)23-4)16(21)26-14(9)13;1-6-8(2)10(13)14-7-9(12)15-11(3,4)5;1-3-9(2)10-7-5-4-6-8-10;2*1-4-9(2,3)8(10)12-6-7-5-11-7/h5-13,18,25H,4,14-15H2,1-3H3;8-9,11-14H,5-7H2,1-4H3;8H,6-7H2,1-5H3;4-9H,3H2,1-2H3;2*7H,4-6H2,1-3H3. The van der Waals surface area contributed by atoms with E-state index in [9.17, 15) is 53.1 Å². The lowest BCUT2D eigenvalue weighted by molar-refractivity contribution is -0.174. The van der Waals surface area contributed by atoms with Crippen LogP contribution >= 0.6 is 0 Å². The Hall–Kier alpha value is -8.02. The molecule has 23 nitrogen and oxygen atoms in total. The van der Waals surface area contributed by atoms with E-state index in [0.717, 1.165) is 47.6 Å². The number of aliphatic hydroxyl groups excluding tert-OH is 1. The van der Waals surface area contributed by atoms with Crippen LogP contribution in [0.15, 0.2) is 84.9 Å². The topological polar surface area (TPSA) is 308 Å². The summed E-state index contributed by atoms with van der Waals surface area (Å²) in [6.07, 6.45) is 3.31. The summed E-state index contributed by atoms with van der Waals surface area (Å²) in [5.74, 6) is -5.25. The molecule has 104 heavy (non-hydrogen) atoms. The van der Waals surface area contributed by atoms with E-state index in [4.69, 9.17) is 56.8 Å². The van der Waals surface area contributed by atoms with E-state index in [1.807, 2.05) is 117 Å². The van der Waals surface area contributed by atoms with Gasteiger partial charge in [-0.1, -0.05) is 134 Å². The van der Waals surface area contributed by atoms with Gasteiger partial charge in [-0.2, -0.15) is 0 Å². The predicted molar refractivity (Wildman–Crippen MR) is 389 cm³/mol. The molecule has 1 N–H and O–H groups in total. The minimum Gasteiger partial charge on any atom is -0.469 e. The van der Waals surface area contributed by atoms with Gasteiger partial charge in [0.2, 0.25) is 0 Å². The van der Waals surface area contributed by atoms with Crippen LogP contribution in [0.2, 0.25) is 0 Å². The Labute approximate surface area is 614 Å². The first kappa shape index (κ1) is 88.4. The van der Waals surface area contributed by atoms with Gasteiger partial charge in [-0.05, 0) is 160 Å². The molecule has 0 aromatic heterocycles. The number of methoxy groups -OCH3 is 1. The zero-order chi connectivity index (χ0) is 78.1.